The first-order valence-electron chi connectivity index (χ1n) is 7.39. The maximum atomic E-state index is 14.1. The van der Waals surface area contributed by atoms with Gasteiger partial charge in [0.05, 0.1) is 5.69 Å². The lowest BCUT2D eigenvalue weighted by molar-refractivity contribution is 0.269. The highest BCUT2D eigenvalue weighted by atomic mass is 32.2. The average molecular weight is 333 g/mol. The van der Waals surface area contributed by atoms with Gasteiger partial charge in [-0.25, -0.2) is 4.39 Å². The minimum atomic E-state index is -0.397. The number of hydrogen-bond donors (Lipinski definition) is 1. The lowest BCUT2D eigenvalue weighted by Gasteiger charge is -2.14. The summed E-state index contributed by atoms with van der Waals surface area (Å²) < 4.78 is 19.8. The molecule has 1 N–H and O–H groups in total. The Bertz CT molecular complexity index is 703. The number of aryl methyl sites for hydroxylation is 2. The fraction of sp³-hybridized carbons (Fsp3) is 0.278. The number of thioether (sulfide) groups is 1. The minimum absolute atomic E-state index is 0.0585. The van der Waals surface area contributed by atoms with Gasteiger partial charge in [0.2, 0.25) is 0 Å². The van der Waals surface area contributed by atoms with E-state index in [4.69, 9.17) is 4.74 Å². The highest BCUT2D eigenvalue weighted by Gasteiger charge is 2.12. The Kier molecular flexibility index (Phi) is 6.04. The maximum absolute atomic E-state index is 14.1. The second kappa shape index (κ2) is 8.02. The summed E-state index contributed by atoms with van der Waals surface area (Å²) >= 11 is 1.04. The molecule has 122 valence electrons. The van der Waals surface area contributed by atoms with Gasteiger partial charge in [0, 0.05) is 5.56 Å². The molecule has 2 aromatic rings. The molecule has 0 unspecified atom stereocenters. The summed E-state index contributed by atoms with van der Waals surface area (Å²) in [5.74, 6) is 0.319. The van der Waals surface area contributed by atoms with E-state index in [9.17, 15) is 9.18 Å². The van der Waals surface area contributed by atoms with Crippen LogP contribution in [-0.2, 0) is 13.0 Å². The Morgan fingerprint density at radius 3 is 2.74 bits per heavy atom. The van der Waals surface area contributed by atoms with Gasteiger partial charge in [-0.1, -0.05) is 36.9 Å². The molecule has 0 aliphatic carbocycles. The molecule has 0 bridgehead atoms. The molecule has 0 aliphatic rings. The van der Waals surface area contributed by atoms with Crippen LogP contribution >= 0.6 is 11.8 Å². The van der Waals surface area contributed by atoms with Crippen LogP contribution in [0.5, 0.6) is 5.75 Å². The Hall–Kier alpha value is -2.01. The molecule has 23 heavy (non-hydrogen) atoms. The average Bonchev–Trinajstić information content (AvgIpc) is 2.55. The molecular formula is C18H20FNO2S. The summed E-state index contributed by atoms with van der Waals surface area (Å²) in [4.78, 5) is 11.5. The second-order valence-corrected chi connectivity index (χ2v) is 5.90. The zero-order valence-corrected chi connectivity index (χ0v) is 14.3. The van der Waals surface area contributed by atoms with Crippen LogP contribution in [0.15, 0.2) is 36.4 Å². The summed E-state index contributed by atoms with van der Waals surface area (Å²) in [7, 11) is 0. The van der Waals surface area contributed by atoms with E-state index in [1.807, 2.05) is 19.1 Å². The molecule has 5 heteroatoms. The van der Waals surface area contributed by atoms with Crippen molar-refractivity contribution in [3.63, 3.8) is 0 Å². The molecule has 0 spiro atoms. The predicted octanol–water partition coefficient (Wildman–Crippen LogP) is 5.17. The van der Waals surface area contributed by atoms with E-state index in [2.05, 4.69) is 18.3 Å². The van der Waals surface area contributed by atoms with Gasteiger partial charge in [-0.3, -0.25) is 4.79 Å². The molecular weight excluding hydrogens is 313 g/mol. The number of ether oxygens (including phenoxy) is 1. The fourth-order valence-electron chi connectivity index (χ4n) is 2.23. The van der Waals surface area contributed by atoms with E-state index in [0.717, 1.165) is 23.7 Å². The smallest absolute Gasteiger partial charge is 0.283 e. The molecule has 0 heterocycles. The number of rotatable bonds is 5. The van der Waals surface area contributed by atoms with Gasteiger partial charge >= 0.3 is 0 Å². The number of anilines is 1. The van der Waals surface area contributed by atoms with Crippen LogP contribution in [-0.4, -0.2) is 11.5 Å². The summed E-state index contributed by atoms with van der Waals surface area (Å²) in [6.07, 6.45) is 2.63. The van der Waals surface area contributed by atoms with E-state index >= 15 is 0 Å². The van der Waals surface area contributed by atoms with Crippen LogP contribution in [0.3, 0.4) is 0 Å². The van der Waals surface area contributed by atoms with Crippen LogP contribution in [0, 0.1) is 12.7 Å². The van der Waals surface area contributed by atoms with E-state index in [1.165, 1.54) is 11.6 Å². The molecule has 2 rings (SSSR count). The third-order valence-corrected chi connectivity index (χ3v) is 4.03. The van der Waals surface area contributed by atoms with E-state index in [-0.39, 0.29) is 11.8 Å². The first-order chi connectivity index (χ1) is 11.0. The van der Waals surface area contributed by atoms with Crippen LogP contribution in [0.25, 0.3) is 0 Å². The molecule has 0 aromatic heterocycles. The maximum Gasteiger partial charge on any atom is 0.283 e. The van der Waals surface area contributed by atoms with Gasteiger partial charge in [0.25, 0.3) is 5.24 Å². The van der Waals surface area contributed by atoms with E-state index in [0.29, 0.717) is 17.0 Å². The number of benzene rings is 2. The Morgan fingerprint density at radius 2 is 2.09 bits per heavy atom. The first-order valence-corrected chi connectivity index (χ1v) is 8.62. The van der Waals surface area contributed by atoms with Crippen LogP contribution < -0.4 is 10.1 Å². The molecule has 0 aliphatic heterocycles. The molecule has 0 radical (unpaired) electrons. The molecule has 1 amide bonds. The number of nitrogens with one attached hydrogen (secondary N) is 1. The highest BCUT2D eigenvalue weighted by molar-refractivity contribution is 8.13. The largest absolute Gasteiger partial charge is 0.488 e. The fourth-order valence-corrected chi connectivity index (χ4v) is 2.44. The summed E-state index contributed by atoms with van der Waals surface area (Å²) in [5.41, 5.74) is 3.02. The zero-order chi connectivity index (χ0) is 16.8. The second-order valence-electron chi connectivity index (χ2n) is 5.12. The van der Waals surface area contributed by atoms with Crippen molar-refractivity contribution in [1.82, 2.24) is 0 Å². The number of hydrogen-bond acceptors (Lipinski definition) is 3. The zero-order valence-electron chi connectivity index (χ0n) is 13.5. The van der Waals surface area contributed by atoms with Crippen LogP contribution in [0.2, 0.25) is 0 Å². The Morgan fingerprint density at radius 1 is 1.30 bits per heavy atom. The lowest BCUT2D eigenvalue weighted by Crippen LogP contribution is -2.10. The first kappa shape index (κ1) is 17.3. The normalized spacial score (nSPS) is 10.4. The van der Waals surface area contributed by atoms with E-state index in [1.54, 1.807) is 18.4 Å². The Balaban J connectivity index is 2.18. The lowest BCUT2D eigenvalue weighted by atomic mass is 10.1. The van der Waals surface area contributed by atoms with Crippen molar-refractivity contribution in [2.24, 2.45) is 0 Å². The van der Waals surface area contributed by atoms with Crippen molar-refractivity contribution in [2.45, 2.75) is 26.9 Å². The van der Waals surface area contributed by atoms with Crippen molar-refractivity contribution < 1.29 is 13.9 Å². The molecule has 2 aromatic carbocycles. The number of carbonyl (C=O) groups is 1. The summed E-state index contributed by atoms with van der Waals surface area (Å²) in [5, 5.41) is 2.44. The van der Waals surface area contributed by atoms with Crippen molar-refractivity contribution in [3.8, 4) is 5.75 Å². The quantitative estimate of drug-likeness (QED) is 0.820. The SMILES string of the molecule is CCc1ccc(OCc2c(F)cccc2NC(=O)SC)c(C)c1. The Labute approximate surface area is 140 Å². The topological polar surface area (TPSA) is 38.3 Å². The monoisotopic (exact) mass is 333 g/mol. The van der Waals surface area contributed by atoms with Crippen molar-refractivity contribution in [2.75, 3.05) is 11.6 Å². The summed E-state index contributed by atoms with van der Waals surface area (Å²) in [6, 6.07) is 10.6. The number of halogens is 1. The number of carbonyl (C=O) groups excluding carboxylic acids is 1. The third kappa shape index (κ3) is 4.48. The van der Waals surface area contributed by atoms with Gasteiger partial charge in [-0.15, -0.1) is 0 Å². The van der Waals surface area contributed by atoms with Crippen LogP contribution in [0.1, 0.15) is 23.6 Å². The van der Waals surface area contributed by atoms with Gasteiger partial charge in [-0.2, -0.15) is 0 Å². The molecule has 0 fully saturated rings. The number of amides is 1. The van der Waals surface area contributed by atoms with E-state index < -0.39 is 5.82 Å². The van der Waals surface area contributed by atoms with Gasteiger partial charge in [0.1, 0.15) is 18.2 Å². The van der Waals surface area contributed by atoms with Gasteiger partial charge in [-0.05, 0) is 48.9 Å². The summed E-state index contributed by atoms with van der Waals surface area (Å²) in [6.45, 7) is 4.12. The van der Waals surface area contributed by atoms with Crippen molar-refractivity contribution in [1.29, 1.82) is 0 Å². The minimum Gasteiger partial charge on any atom is -0.488 e. The van der Waals surface area contributed by atoms with Gasteiger partial charge < -0.3 is 10.1 Å². The highest BCUT2D eigenvalue weighted by Crippen LogP contribution is 2.25. The molecule has 0 saturated heterocycles. The third-order valence-electron chi connectivity index (χ3n) is 3.56. The molecule has 0 saturated carbocycles. The van der Waals surface area contributed by atoms with Crippen LogP contribution in [0.4, 0.5) is 14.9 Å². The molecule has 0 atom stereocenters. The molecule has 3 nitrogen and oxygen atoms in total. The predicted molar refractivity (Wildman–Crippen MR) is 93.8 cm³/mol. The van der Waals surface area contributed by atoms with Crippen molar-refractivity contribution >= 4 is 22.7 Å². The van der Waals surface area contributed by atoms with Gasteiger partial charge in [0.15, 0.2) is 0 Å². The van der Waals surface area contributed by atoms with Crippen molar-refractivity contribution in [3.05, 3.63) is 58.9 Å². The standard InChI is InChI=1S/C18H20FNO2S/c1-4-13-8-9-17(12(2)10-13)22-11-14-15(19)6-5-7-16(14)20-18(21)23-3/h5-10H,4,11H2,1-3H3,(H,20,21).